The van der Waals surface area contributed by atoms with Gasteiger partial charge in [-0.15, -0.1) is 0 Å². The molecule has 1 aromatic carbocycles. The Labute approximate surface area is 119 Å². The Hall–Kier alpha value is -1.14. The Morgan fingerprint density at radius 1 is 1.35 bits per heavy atom. The number of hydrogen-bond donors (Lipinski definition) is 1. The van der Waals surface area contributed by atoms with E-state index in [2.05, 4.69) is 0 Å². The summed E-state index contributed by atoms with van der Waals surface area (Å²) in [7, 11) is -3.56. The maximum absolute atomic E-state index is 13.6. The molecule has 0 aromatic heterocycles. The van der Waals surface area contributed by atoms with Gasteiger partial charge in [-0.25, -0.2) is 17.9 Å². The lowest BCUT2D eigenvalue weighted by Crippen LogP contribution is -2.36. The van der Waals surface area contributed by atoms with Gasteiger partial charge in [0.15, 0.2) is 11.6 Å². The first-order chi connectivity index (χ1) is 9.30. The van der Waals surface area contributed by atoms with Gasteiger partial charge in [-0.1, -0.05) is 18.9 Å². The number of nitrogens with two attached hydrogens (primary N) is 1. The monoisotopic (exact) mass is 301 g/mol. The van der Waals surface area contributed by atoms with E-state index in [9.17, 15) is 12.8 Å². The van der Waals surface area contributed by atoms with Crippen LogP contribution >= 0.6 is 0 Å². The van der Waals surface area contributed by atoms with Crippen LogP contribution in [-0.2, 0) is 10.0 Å². The fraction of sp³-hybridized carbons (Fsp3) is 0.571. The summed E-state index contributed by atoms with van der Waals surface area (Å²) < 4.78 is 41.9. The molecule has 0 atom stereocenters. The third kappa shape index (κ3) is 3.93. The number of sulfonamides is 1. The van der Waals surface area contributed by atoms with Crippen molar-refractivity contribution < 1.29 is 17.5 Å². The molecule has 20 heavy (non-hydrogen) atoms. The van der Waals surface area contributed by atoms with Gasteiger partial charge in [-0.2, -0.15) is 0 Å². The van der Waals surface area contributed by atoms with Gasteiger partial charge in [0.2, 0.25) is 10.0 Å². The van der Waals surface area contributed by atoms with Gasteiger partial charge >= 0.3 is 0 Å². The van der Waals surface area contributed by atoms with E-state index in [1.165, 1.54) is 6.07 Å². The van der Waals surface area contributed by atoms with Crippen molar-refractivity contribution in [2.75, 3.05) is 12.4 Å². The predicted molar refractivity (Wildman–Crippen MR) is 75.5 cm³/mol. The lowest BCUT2D eigenvalue weighted by Gasteiger charge is -2.27. The molecule has 2 rings (SSSR count). The second kappa shape index (κ2) is 5.69. The summed E-state index contributed by atoms with van der Waals surface area (Å²) in [5.41, 5.74) is 0.414. The maximum Gasteiger partial charge on any atom is 0.209 e. The van der Waals surface area contributed by atoms with E-state index in [1.54, 1.807) is 12.1 Å². The molecule has 0 saturated heterocycles. The van der Waals surface area contributed by atoms with Crippen LogP contribution in [0.15, 0.2) is 18.2 Å². The summed E-state index contributed by atoms with van der Waals surface area (Å²) in [4.78, 5) is 0. The molecule has 0 spiro atoms. The van der Waals surface area contributed by atoms with Crippen LogP contribution in [0.4, 0.5) is 4.39 Å². The largest absolute Gasteiger partial charge is 0.490 e. The molecule has 2 N–H and O–H groups in total. The van der Waals surface area contributed by atoms with Gasteiger partial charge in [0.25, 0.3) is 0 Å². The van der Waals surface area contributed by atoms with Crippen LogP contribution in [-0.4, -0.2) is 20.8 Å². The molecular formula is C14H20FNO3S. The van der Waals surface area contributed by atoms with Crippen LogP contribution in [0.2, 0.25) is 0 Å². The molecular weight excluding hydrogens is 281 g/mol. The van der Waals surface area contributed by atoms with E-state index < -0.39 is 21.3 Å². The highest BCUT2D eigenvalue weighted by molar-refractivity contribution is 7.89. The van der Waals surface area contributed by atoms with Crippen LogP contribution in [0.5, 0.6) is 5.75 Å². The van der Waals surface area contributed by atoms with E-state index in [0.717, 1.165) is 31.2 Å². The molecule has 4 nitrogen and oxygen atoms in total. The summed E-state index contributed by atoms with van der Waals surface area (Å²) in [6, 6.07) is 4.64. The first kappa shape index (κ1) is 15.3. The minimum atomic E-state index is -3.56. The normalized spacial score (nSPS) is 18.1. The van der Waals surface area contributed by atoms with E-state index >= 15 is 0 Å². The van der Waals surface area contributed by atoms with Crippen molar-refractivity contribution in [3.63, 3.8) is 0 Å². The molecule has 0 heterocycles. The zero-order valence-electron chi connectivity index (χ0n) is 11.6. The molecule has 1 aromatic rings. The Bertz CT molecular complexity index is 580. The Morgan fingerprint density at radius 3 is 2.60 bits per heavy atom. The van der Waals surface area contributed by atoms with Gasteiger partial charge in [0.05, 0.1) is 12.4 Å². The first-order valence-electron chi connectivity index (χ1n) is 6.69. The number of hydrogen-bond acceptors (Lipinski definition) is 3. The zero-order chi connectivity index (χ0) is 14.8. The summed E-state index contributed by atoms with van der Waals surface area (Å²) >= 11 is 0. The molecule has 0 aliphatic heterocycles. The molecule has 112 valence electrons. The van der Waals surface area contributed by atoms with Crippen LogP contribution in [0, 0.1) is 18.2 Å². The number of ether oxygens (including phenoxy) is 1. The van der Waals surface area contributed by atoms with Crippen molar-refractivity contribution in [1.82, 2.24) is 0 Å². The van der Waals surface area contributed by atoms with E-state index in [4.69, 9.17) is 9.88 Å². The van der Waals surface area contributed by atoms with Gasteiger partial charge in [0.1, 0.15) is 0 Å². The van der Waals surface area contributed by atoms with Crippen LogP contribution in [0.1, 0.15) is 31.2 Å². The van der Waals surface area contributed by atoms with Gasteiger partial charge < -0.3 is 4.74 Å². The Kier molecular flexibility index (Phi) is 4.34. The lowest BCUT2D eigenvalue weighted by molar-refractivity contribution is 0.165. The third-order valence-electron chi connectivity index (χ3n) is 3.79. The fourth-order valence-electron chi connectivity index (χ4n) is 2.83. The minimum absolute atomic E-state index is 0.104. The molecule has 1 aliphatic carbocycles. The molecule has 0 bridgehead atoms. The summed E-state index contributed by atoms with van der Waals surface area (Å²) in [6.45, 7) is 2.03. The molecule has 1 aliphatic rings. The zero-order valence-corrected chi connectivity index (χ0v) is 12.4. The summed E-state index contributed by atoms with van der Waals surface area (Å²) in [6.07, 6.45) is 3.40. The highest BCUT2D eigenvalue weighted by atomic mass is 32.2. The van der Waals surface area contributed by atoms with E-state index in [-0.39, 0.29) is 18.1 Å². The molecule has 1 fully saturated rings. The predicted octanol–water partition coefficient (Wildman–Crippen LogP) is 2.36. The number of rotatable bonds is 5. The van der Waals surface area contributed by atoms with Crippen molar-refractivity contribution in [3.05, 3.63) is 29.6 Å². The number of benzene rings is 1. The maximum atomic E-state index is 13.6. The lowest BCUT2D eigenvalue weighted by atomic mass is 9.90. The van der Waals surface area contributed by atoms with Crippen molar-refractivity contribution >= 4 is 10.0 Å². The van der Waals surface area contributed by atoms with Crippen molar-refractivity contribution in [3.8, 4) is 5.75 Å². The van der Waals surface area contributed by atoms with Crippen molar-refractivity contribution in [1.29, 1.82) is 0 Å². The molecule has 0 unspecified atom stereocenters. The molecule has 0 radical (unpaired) electrons. The highest BCUT2D eigenvalue weighted by Crippen LogP contribution is 2.39. The number of halogens is 1. The van der Waals surface area contributed by atoms with Gasteiger partial charge in [0, 0.05) is 5.41 Å². The van der Waals surface area contributed by atoms with Gasteiger partial charge in [-0.05, 0) is 37.5 Å². The highest BCUT2D eigenvalue weighted by Gasteiger charge is 2.38. The van der Waals surface area contributed by atoms with Gasteiger partial charge in [-0.3, -0.25) is 0 Å². The fourth-order valence-corrected chi connectivity index (χ4v) is 4.06. The molecule has 6 heteroatoms. The second-order valence-corrected chi connectivity index (χ2v) is 7.35. The SMILES string of the molecule is Cc1ccc(F)c(OCC2(CS(N)(=O)=O)CCCC2)c1. The first-order valence-corrected chi connectivity index (χ1v) is 8.41. The average molecular weight is 301 g/mol. The number of primary sulfonamides is 1. The van der Waals surface area contributed by atoms with Crippen molar-refractivity contribution in [2.24, 2.45) is 10.6 Å². The standard InChI is InChI=1S/C14H20FNO3S/c1-11-4-5-12(15)13(8-11)19-9-14(6-2-3-7-14)10-20(16,17)18/h4-5,8H,2-3,6-7,9-10H2,1H3,(H2,16,17,18). The summed E-state index contributed by atoms with van der Waals surface area (Å²) in [5.74, 6) is -0.363. The minimum Gasteiger partial charge on any atom is -0.490 e. The van der Waals surface area contributed by atoms with Crippen LogP contribution < -0.4 is 9.88 Å². The quantitative estimate of drug-likeness (QED) is 0.907. The smallest absolute Gasteiger partial charge is 0.209 e. The Balaban J connectivity index is 2.11. The van der Waals surface area contributed by atoms with E-state index in [1.807, 2.05) is 6.92 Å². The van der Waals surface area contributed by atoms with Crippen LogP contribution in [0.3, 0.4) is 0 Å². The molecule has 0 amide bonds. The van der Waals surface area contributed by atoms with E-state index in [0.29, 0.717) is 0 Å². The topological polar surface area (TPSA) is 69.4 Å². The second-order valence-electron chi connectivity index (χ2n) is 5.74. The Morgan fingerprint density at radius 2 is 2.00 bits per heavy atom. The van der Waals surface area contributed by atoms with Crippen LogP contribution in [0.25, 0.3) is 0 Å². The average Bonchev–Trinajstić information content (AvgIpc) is 2.77. The third-order valence-corrected chi connectivity index (χ3v) is 4.81. The molecule has 1 saturated carbocycles. The van der Waals surface area contributed by atoms with Crippen molar-refractivity contribution in [2.45, 2.75) is 32.6 Å². The number of aryl methyl sites for hydroxylation is 1. The summed E-state index contributed by atoms with van der Waals surface area (Å²) in [5, 5.41) is 5.17.